The summed E-state index contributed by atoms with van der Waals surface area (Å²) in [5.74, 6) is -0.794. The molecule has 3 nitrogen and oxygen atoms in total. The highest BCUT2D eigenvalue weighted by Crippen LogP contribution is 2.22. The first-order chi connectivity index (χ1) is 6.99. The van der Waals surface area contributed by atoms with Crippen LogP contribution in [0.3, 0.4) is 0 Å². The molecule has 0 aliphatic heterocycles. The summed E-state index contributed by atoms with van der Waals surface area (Å²) in [5.41, 5.74) is 5.56. The highest BCUT2D eigenvalue weighted by molar-refractivity contribution is 9.10. The quantitative estimate of drug-likeness (QED) is 0.839. The molecule has 0 fully saturated rings. The van der Waals surface area contributed by atoms with Crippen LogP contribution in [0.2, 0.25) is 0 Å². The van der Waals surface area contributed by atoms with Crippen LogP contribution in [-0.2, 0) is 4.79 Å². The fourth-order valence-corrected chi connectivity index (χ4v) is 1.42. The molecule has 15 heavy (non-hydrogen) atoms. The van der Waals surface area contributed by atoms with Crippen LogP contribution in [0.1, 0.15) is 6.42 Å². The number of amides is 1. The van der Waals surface area contributed by atoms with Gasteiger partial charge in [-0.25, -0.2) is 4.39 Å². The third-order valence-electron chi connectivity index (χ3n) is 1.54. The van der Waals surface area contributed by atoms with Crippen molar-refractivity contribution in [3.63, 3.8) is 0 Å². The molecule has 0 saturated heterocycles. The van der Waals surface area contributed by atoms with Crippen molar-refractivity contribution in [3.05, 3.63) is 28.5 Å². The van der Waals surface area contributed by atoms with Crippen molar-refractivity contribution in [3.8, 4) is 0 Å². The van der Waals surface area contributed by atoms with Gasteiger partial charge in [0.05, 0.1) is 17.1 Å². The number of nitrogens with one attached hydrogen (secondary N) is 1. The molecule has 1 aromatic rings. The second-order valence-corrected chi connectivity index (χ2v) is 4.19. The Kier molecular flexibility index (Phi) is 4.16. The summed E-state index contributed by atoms with van der Waals surface area (Å²) in [6, 6.07) is 4.00. The minimum Gasteiger partial charge on any atom is -0.393 e. The first-order valence-corrected chi connectivity index (χ1v) is 5.22. The van der Waals surface area contributed by atoms with Crippen molar-refractivity contribution < 1.29 is 9.18 Å². The van der Waals surface area contributed by atoms with E-state index in [0.29, 0.717) is 10.2 Å². The maximum absolute atomic E-state index is 12.8. The van der Waals surface area contributed by atoms with Crippen LogP contribution in [0.15, 0.2) is 22.7 Å². The summed E-state index contributed by atoms with van der Waals surface area (Å²) in [6.07, 6.45) is -0.0573. The summed E-state index contributed by atoms with van der Waals surface area (Å²) < 4.78 is 13.4. The lowest BCUT2D eigenvalue weighted by atomic mass is 10.3. The summed E-state index contributed by atoms with van der Waals surface area (Å²) in [7, 11) is 0. The van der Waals surface area contributed by atoms with E-state index in [0.717, 1.165) is 0 Å². The maximum atomic E-state index is 12.8. The number of carbonyl (C=O) groups is 1. The molecule has 0 saturated carbocycles. The number of hydrogen-bond acceptors (Lipinski definition) is 2. The normalized spacial score (nSPS) is 9.73. The van der Waals surface area contributed by atoms with E-state index in [9.17, 15) is 9.18 Å². The van der Waals surface area contributed by atoms with E-state index in [-0.39, 0.29) is 17.3 Å². The van der Waals surface area contributed by atoms with Crippen molar-refractivity contribution in [2.45, 2.75) is 6.42 Å². The Balaban J connectivity index is 2.76. The van der Waals surface area contributed by atoms with E-state index in [1.807, 2.05) is 0 Å². The van der Waals surface area contributed by atoms with E-state index in [1.165, 1.54) is 18.2 Å². The number of nitrogens with two attached hydrogens (primary N) is 1. The highest BCUT2D eigenvalue weighted by Gasteiger charge is 2.07. The molecule has 0 heterocycles. The van der Waals surface area contributed by atoms with Gasteiger partial charge in [-0.2, -0.15) is 0 Å². The number of anilines is 1. The molecule has 0 radical (unpaired) electrons. The van der Waals surface area contributed by atoms with Crippen LogP contribution in [-0.4, -0.2) is 10.9 Å². The summed E-state index contributed by atoms with van der Waals surface area (Å²) in [5, 5.41) is 2.49. The zero-order valence-electron chi connectivity index (χ0n) is 7.59. The molecular formula is C9H8BrFN2OS. The molecule has 0 atom stereocenters. The number of rotatable bonds is 3. The van der Waals surface area contributed by atoms with Gasteiger partial charge in [0, 0.05) is 4.47 Å². The largest absolute Gasteiger partial charge is 0.393 e. The van der Waals surface area contributed by atoms with Crippen molar-refractivity contribution in [2.24, 2.45) is 5.73 Å². The third kappa shape index (κ3) is 3.93. The molecular weight excluding hydrogens is 283 g/mol. The Morgan fingerprint density at radius 2 is 2.27 bits per heavy atom. The third-order valence-corrected chi connectivity index (χ3v) is 2.37. The molecule has 1 rings (SSSR count). The van der Waals surface area contributed by atoms with Crippen LogP contribution in [0.4, 0.5) is 10.1 Å². The van der Waals surface area contributed by atoms with E-state index in [4.69, 9.17) is 5.73 Å². The zero-order chi connectivity index (χ0) is 11.4. The standard InChI is InChI=1S/C9H8BrFN2OS/c10-6-2-1-5(11)3-7(6)13-9(14)4-8(12)15/h1-3H,4H2,(H2,12,15)(H,13,14). The molecule has 0 unspecified atom stereocenters. The molecule has 0 aliphatic carbocycles. The number of benzene rings is 1. The fourth-order valence-electron chi connectivity index (χ4n) is 0.946. The number of hydrogen-bond donors (Lipinski definition) is 2. The maximum Gasteiger partial charge on any atom is 0.231 e. The Morgan fingerprint density at radius 3 is 2.87 bits per heavy atom. The summed E-state index contributed by atoms with van der Waals surface area (Å²) >= 11 is 7.76. The molecule has 3 N–H and O–H groups in total. The van der Waals surface area contributed by atoms with Gasteiger partial charge in [0.15, 0.2) is 0 Å². The minimum absolute atomic E-state index is 0.0573. The fraction of sp³-hybridized carbons (Fsp3) is 0.111. The monoisotopic (exact) mass is 290 g/mol. The lowest BCUT2D eigenvalue weighted by molar-refractivity contribution is -0.115. The Bertz CT molecular complexity index is 411. The van der Waals surface area contributed by atoms with Gasteiger partial charge >= 0.3 is 0 Å². The van der Waals surface area contributed by atoms with Crippen LogP contribution >= 0.6 is 28.1 Å². The first kappa shape index (κ1) is 12.1. The molecule has 80 valence electrons. The second kappa shape index (κ2) is 5.18. The Labute approximate surface area is 100.0 Å². The van der Waals surface area contributed by atoms with Gasteiger partial charge in [-0.3, -0.25) is 4.79 Å². The zero-order valence-corrected chi connectivity index (χ0v) is 9.99. The molecule has 1 aromatic carbocycles. The van der Waals surface area contributed by atoms with Gasteiger partial charge in [0.2, 0.25) is 5.91 Å². The smallest absolute Gasteiger partial charge is 0.231 e. The van der Waals surface area contributed by atoms with Gasteiger partial charge in [0.25, 0.3) is 0 Å². The lowest BCUT2D eigenvalue weighted by Crippen LogP contribution is -2.20. The van der Waals surface area contributed by atoms with Gasteiger partial charge in [-0.1, -0.05) is 12.2 Å². The van der Waals surface area contributed by atoms with E-state index in [1.54, 1.807) is 0 Å². The number of halogens is 2. The molecule has 1 amide bonds. The van der Waals surface area contributed by atoms with E-state index < -0.39 is 5.82 Å². The lowest BCUT2D eigenvalue weighted by Gasteiger charge is -2.06. The molecule has 6 heteroatoms. The SMILES string of the molecule is NC(=S)CC(=O)Nc1cc(F)ccc1Br. The van der Waals surface area contributed by atoms with Crippen molar-refractivity contribution >= 4 is 44.7 Å². The van der Waals surface area contributed by atoms with Crippen LogP contribution in [0, 0.1) is 5.82 Å². The van der Waals surface area contributed by atoms with Crippen molar-refractivity contribution in [1.29, 1.82) is 0 Å². The minimum atomic E-state index is -0.427. The first-order valence-electron chi connectivity index (χ1n) is 4.02. The Hall–Kier alpha value is -1.01. The predicted molar refractivity (Wildman–Crippen MR) is 64.1 cm³/mol. The molecule has 0 aliphatic rings. The average molecular weight is 291 g/mol. The highest BCUT2D eigenvalue weighted by atomic mass is 79.9. The van der Waals surface area contributed by atoms with Crippen molar-refractivity contribution in [1.82, 2.24) is 0 Å². The van der Waals surface area contributed by atoms with Gasteiger partial charge in [0.1, 0.15) is 5.82 Å². The van der Waals surface area contributed by atoms with Crippen molar-refractivity contribution in [2.75, 3.05) is 5.32 Å². The topological polar surface area (TPSA) is 55.1 Å². The summed E-state index contributed by atoms with van der Waals surface area (Å²) in [6.45, 7) is 0. The van der Waals surface area contributed by atoms with Crippen LogP contribution in [0.25, 0.3) is 0 Å². The molecule has 0 bridgehead atoms. The molecule has 0 aromatic heterocycles. The van der Waals surface area contributed by atoms with Crippen LogP contribution in [0.5, 0.6) is 0 Å². The number of carbonyl (C=O) groups excluding carboxylic acids is 1. The van der Waals surface area contributed by atoms with Gasteiger partial charge < -0.3 is 11.1 Å². The second-order valence-electron chi connectivity index (χ2n) is 2.82. The predicted octanol–water partition coefficient (Wildman–Crippen LogP) is 2.20. The van der Waals surface area contributed by atoms with E-state index in [2.05, 4.69) is 33.5 Å². The Morgan fingerprint density at radius 1 is 1.60 bits per heavy atom. The number of thiocarbonyl (C=S) groups is 1. The van der Waals surface area contributed by atoms with Gasteiger partial charge in [-0.05, 0) is 34.1 Å². The molecule has 0 spiro atoms. The van der Waals surface area contributed by atoms with Crippen LogP contribution < -0.4 is 11.1 Å². The van der Waals surface area contributed by atoms with Gasteiger partial charge in [-0.15, -0.1) is 0 Å². The average Bonchev–Trinajstić information content (AvgIpc) is 2.10. The van der Waals surface area contributed by atoms with E-state index >= 15 is 0 Å². The summed E-state index contributed by atoms with van der Waals surface area (Å²) in [4.78, 5) is 11.4.